The summed E-state index contributed by atoms with van der Waals surface area (Å²) in [6, 6.07) is 7.24. The Morgan fingerprint density at radius 1 is 1.27 bits per heavy atom. The molecule has 0 saturated carbocycles. The van der Waals surface area contributed by atoms with Gasteiger partial charge in [0.1, 0.15) is 0 Å². The maximum Gasteiger partial charge on any atom is 0.248 e. The third kappa shape index (κ3) is 1.89. The molecule has 0 heterocycles. The molecule has 1 aromatic rings. The van der Waals surface area contributed by atoms with Crippen molar-refractivity contribution in [2.24, 2.45) is 5.73 Å². The molecular formula is C8H7NO2. The first-order valence-corrected chi connectivity index (χ1v) is 3.10. The molecule has 0 radical (unpaired) electrons. The quantitative estimate of drug-likeness (QED) is 0.617. The molecule has 3 nitrogen and oxygen atoms in total. The molecular weight excluding hydrogens is 142 g/mol. The number of nitrogens with two attached hydrogens (primary N) is 1. The smallest absolute Gasteiger partial charge is 0.248 e. The molecule has 3 heteroatoms. The van der Waals surface area contributed by atoms with Crippen LogP contribution in [0, 0.1) is 0 Å². The van der Waals surface area contributed by atoms with Crippen LogP contribution in [0.5, 0.6) is 0 Å². The maximum absolute atomic E-state index is 10.8. The fourth-order valence-electron chi connectivity index (χ4n) is 0.712. The number of primary amides is 1. The Hall–Kier alpha value is -1.64. The van der Waals surface area contributed by atoms with Crippen LogP contribution >= 0.6 is 0 Å². The monoisotopic (exact) mass is 149 g/mol. The summed E-state index contributed by atoms with van der Waals surface area (Å²) in [7, 11) is 0. The van der Waals surface area contributed by atoms with Crippen molar-refractivity contribution in [2.45, 2.75) is 0 Å². The van der Waals surface area contributed by atoms with E-state index < -0.39 is 5.91 Å². The van der Waals surface area contributed by atoms with Crippen molar-refractivity contribution in [1.82, 2.24) is 0 Å². The molecule has 2 N–H and O–H groups in total. The van der Waals surface area contributed by atoms with Crippen LogP contribution in [0.4, 0.5) is 0 Å². The molecule has 0 aliphatic carbocycles. The Kier molecular flexibility index (Phi) is 2.01. The van der Waals surface area contributed by atoms with E-state index in [1.165, 1.54) is 18.2 Å². The van der Waals surface area contributed by atoms with Crippen molar-refractivity contribution in [1.29, 1.82) is 0 Å². The first-order chi connectivity index (χ1) is 5.20. The predicted molar refractivity (Wildman–Crippen MR) is 41.2 cm³/mol. The molecule has 0 aliphatic heterocycles. The van der Waals surface area contributed by atoms with Gasteiger partial charge in [-0.2, -0.15) is 0 Å². The highest BCUT2D eigenvalue weighted by Crippen LogP contribution is 1.90. The Morgan fingerprint density at radius 2 is 1.91 bits per heavy atom. The van der Waals surface area contributed by atoms with E-state index in [1.807, 2.05) is 0 Å². The summed E-state index contributed by atoms with van der Waals surface area (Å²) in [6.07, 6.45) is 0. The van der Waals surface area contributed by atoms with Gasteiger partial charge < -0.3 is 5.73 Å². The van der Waals surface area contributed by atoms with Crippen LogP contribution in [-0.4, -0.2) is 5.91 Å². The van der Waals surface area contributed by atoms with Gasteiger partial charge in [-0.1, -0.05) is 12.1 Å². The number of carbonyl (C=O) groups excluding carboxylic acids is 1. The summed E-state index contributed by atoms with van der Waals surface area (Å²) in [5.74, 6) is -0.585. The normalized spacial score (nSPS) is 9.09. The van der Waals surface area contributed by atoms with E-state index >= 15 is 0 Å². The van der Waals surface area contributed by atoms with Gasteiger partial charge in [0.2, 0.25) is 5.91 Å². The second-order valence-corrected chi connectivity index (χ2v) is 2.08. The third-order valence-corrected chi connectivity index (χ3v) is 1.23. The Labute approximate surface area is 63.5 Å². The molecule has 0 spiro atoms. The van der Waals surface area contributed by atoms with Gasteiger partial charge in [-0.15, -0.1) is 0 Å². The fourth-order valence-corrected chi connectivity index (χ4v) is 0.712. The van der Waals surface area contributed by atoms with Gasteiger partial charge in [0, 0.05) is 5.56 Å². The van der Waals surface area contributed by atoms with E-state index in [1.54, 1.807) is 12.1 Å². The van der Waals surface area contributed by atoms with E-state index in [9.17, 15) is 9.59 Å². The summed E-state index contributed by atoms with van der Waals surface area (Å²) in [5, 5.41) is 0. The Bertz CT molecular complexity index is 333. The van der Waals surface area contributed by atoms with E-state index in [2.05, 4.69) is 0 Å². The first-order valence-electron chi connectivity index (χ1n) is 3.10. The lowest BCUT2D eigenvalue weighted by atomic mass is 10.3. The van der Waals surface area contributed by atoms with Gasteiger partial charge in [0.15, 0.2) is 5.43 Å². The van der Waals surface area contributed by atoms with Gasteiger partial charge in [0.25, 0.3) is 0 Å². The van der Waals surface area contributed by atoms with Gasteiger partial charge >= 0.3 is 0 Å². The standard InChI is InChI=1S/C8H7NO2/c9-8(11)6-3-1-2-4-7(10)5-6/h1-5H,(H2,9,11). The van der Waals surface area contributed by atoms with Crippen LogP contribution < -0.4 is 11.2 Å². The zero-order chi connectivity index (χ0) is 8.27. The summed E-state index contributed by atoms with van der Waals surface area (Å²) in [5.41, 5.74) is 4.98. The second kappa shape index (κ2) is 2.96. The molecule has 1 aromatic carbocycles. The Morgan fingerprint density at radius 3 is 2.55 bits per heavy atom. The number of rotatable bonds is 1. The van der Waals surface area contributed by atoms with E-state index in [0.29, 0.717) is 0 Å². The van der Waals surface area contributed by atoms with Crippen LogP contribution in [0.25, 0.3) is 0 Å². The third-order valence-electron chi connectivity index (χ3n) is 1.23. The highest BCUT2D eigenvalue weighted by molar-refractivity contribution is 5.92. The molecule has 56 valence electrons. The van der Waals surface area contributed by atoms with Gasteiger partial charge in [0.05, 0.1) is 0 Å². The molecule has 0 bridgehead atoms. The molecule has 0 saturated heterocycles. The number of hydrogen-bond donors (Lipinski definition) is 1. The summed E-state index contributed by atoms with van der Waals surface area (Å²) < 4.78 is 0. The van der Waals surface area contributed by atoms with E-state index in [4.69, 9.17) is 5.73 Å². The summed E-state index contributed by atoms with van der Waals surface area (Å²) in [4.78, 5) is 21.4. The molecule has 0 aliphatic rings. The molecule has 0 atom stereocenters. The highest BCUT2D eigenvalue weighted by Gasteiger charge is 1.96. The molecule has 11 heavy (non-hydrogen) atoms. The van der Waals surface area contributed by atoms with Crippen molar-refractivity contribution < 1.29 is 4.79 Å². The van der Waals surface area contributed by atoms with Gasteiger partial charge in [-0.3, -0.25) is 9.59 Å². The van der Waals surface area contributed by atoms with Crippen molar-refractivity contribution >= 4 is 5.91 Å². The molecule has 0 unspecified atom stereocenters. The molecule has 0 aromatic heterocycles. The highest BCUT2D eigenvalue weighted by atomic mass is 16.1. The molecule has 0 fully saturated rings. The average molecular weight is 149 g/mol. The average Bonchev–Trinajstić information content (AvgIpc) is 2.13. The maximum atomic E-state index is 10.8. The fraction of sp³-hybridized carbons (Fsp3) is 0. The molecule has 1 rings (SSSR count). The Balaban J connectivity index is 3.33. The lowest BCUT2D eigenvalue weighted by molar-refractivity contribution is 0.100. The number of hydrogen-bond acceptors (Lipinski definition) is 2. The van der Waals surface area contributed by atoms with Crippen LogP contribution in [0.3, 0.4) is 0 Å². The largest absolute Gasteiger partial charge is 0.366 e. The number of amides is 1. The van der Waals surface area contributed by atoms with E-state index in [-0.39, 0.29) is 11.0 Å². The van der Waals surface area contributed by atoms with Crippen molar-refractivity contribution in [3.8, 4) is 0 Å². The van der Waals surface area contributed by atoms with Crippen LogP contribution in [0.2, 0.25) is 0 Å². The van der Waals surface area contributed by atoms with E-state index in [0.717, 1.165) is 0 Å². The lowest BCUT2D eigenvalue weighted by Gasteiger charge is -1.84. The zero-order valence-corrected chi connectivity index (χ0v) is 5.78. The van der Waals surface area contributed by atoms with Crippen LogP contribution in [0.15, 0.2) is 35.1 Å². The zero-order valence-electron chi connectivity index (χ0n) is 5.78. The van der Waals surface area contributed by atoms with Crippen LogP contribution in [-0.2, 0) is 0 Å². The minimum absolute atomic E-state index is 0.219. The minimum Gasteiger partial charge on any atom is -0.366 e. The van der Waals surface area contributed by atoms with Gasteiger partial charge in [-0.05, 0) is 18.2 Å². The minimum atomic E-state index is -0.585. The first kappa shape index (κ1) is 7.47. The topological polar surface area (TPSA) is 60.2 Å². The van der Waals surface area contributed by atoms with Crippen LogP contribution in [0.1, 0.15) is 10.4 Å². The second-order valence-electron chi connectivity index (χ2n) is 2.08. The summed E-state index contributed by atoms with van der Waals surface area (Å²) in [6.45, 7) is 0. The van der Waals surface area contributed by atoms with Crippen molar-refractivity contribution in [3.63, 3.8) is 0 Å². The summed E-state index contributed by atoms with van der Waals surface area (Å²) >= 11 is 0. The van der Waals surface area contributed by atoms with Gasteiger partial charge in [-0.25, -0.2) is 0 Å². The number of carbonyl (C=O) groups is 1. The van der Waals surface area contributed by atoms with Crippen molar-refractivity contribution in [2.75, 3.05) is 0 Å². The SMILES string of the molecule is NC(=O)c1ccccc(=O)c1. The molecule has 1 amide bonds. The lowest BCUT2D eigenvalue weighted by Crippen LogP contribution is -2.11. The van der Waals surface area contributed by atoms with Crippen molar-refractivity contribution in [3.05, 3.63) is 46.1 Å². The predicted octanol–water partition coefficient (Wildman–Crippen LogP) is 0.146.